The van der Waals surface area contributed by atoms with Gasteiger partial charge in [0.2, 0.25) is 0 Å². The van der Waals surface area contributed by atoms with E-state index in [4.69, 9.17) is 0 Å². The van der Waals surface area contributed by atoms with E-state index in [1.807, 2.05) is 76.2 Å². The van der Waals surface area contributed by atoms with E-state index >= 15 is 0 Å². The second-order valence-electron chi connectivity index (χ2n) is 6.05. The summed E-state index contributed by atoms with van der Waals surface area (Å²) in [5.41, 5.74) is 2.88. The van der Waals surface area contributed by atoms with E-state index in [1.54, 1.807) is 9.80 Å². The summed E-state index contributed by atoms with van der Waals surface area (Å²) >= 11 is 0. The summed E-state index contributed by atoms with van der Waals surface area (Å²) in [6.07, 6.45) is 0. The molecule has 4 heteroatoms. The first-order valence-corrected chi connectivity index (χ1v) is 9.35. The Hall–Kier alpha value is -2.62. The van der Waals surface area contributed by atoms with Crippen molar-refractivity contribution in [3.63, 3.8) is 0 Å². The summed E-state index contributed by atoms with van der Waals surface area (Å²) in [5, 5.41) is 0. The highest BCUT2D eigenvalue weighted by molar-refractivity contribution is 6.06. The highest BCUT2D eigenvalue weighted by atomic mass is 16.2. The van der Waals surface area contributed by atoms with Crippen molar-refractivity contribution in [2.75, 3.05) is 26.2 Å². The molecule has 0 radical (unpaired) electrons. The summed E-state index contributed by atoms with van der Waals surface area (Å²) in [5.74, 6) is -0.00798. The molecule has 2 aromatic carbocycles. The van der Waals surface area contributed by atoms with Crippen molar-refractivity contribution in [3.05, 3.63) is 59.7 Å². The molecule has 2 aromatic rings. The van der Waals surface area contributed by atoms with Crippen LogP contribution in [0.1, 0.15) is 48.4 Å². The van der Waals surface area contributed by atoms with Gasteiger partial charge in [0.25, 0.3) is 11.8 Å². The van der Waals surface area contributed by atoms with Crippen LogP contribution in [0.4, 0.5) is 0 Å². The maximum absolute atomic E-state index is 13.0. The number of hydrogen-bond donors (Lipinski definition) is 0. The molecule has 0 aliphatic rings. The number of amides is 2. The minimum atomic E-state index is -0.00399. The Kier molecular flexibility index (Phi) is 6.96. The largest absolute Gasteiger partial charge is 0.339 e. The van der Waals surface area contributed by atoms with Crippen LogP contribution in [0.2, 0.25) is 0 Å². The van der Waals surface area contributed by atoms with Crippen molar-refractivity contribution in [1.82, 2.24) is 9.80 Å². The van der Waals surface area contributed by atoms with Crippen LogP contribution in [-0.4, -0.2) is 47.8 Å². The van der Waals surface area contributed by atoms with Crippen LogP contribution in [0.3, 0.4) is 0 Å². The molecule has 26 heavy (non-hydrogen) atoms. The highest BCUT2D eigenvalue weighted by Crippen LogP contribution is 2.29. The fraction of sp³-hybridized carbons (Fsp3) is 0.364. The summed E-state index contributed by atoms with van der Waals surface area (Å²) in [6.45, 7) is 10.5. The van der Waals surface area contributed by atoms with Crippen molar-refractivity contribution in [2.45, 2.75) is 27.7 Å². The molecule has 0 saturated carbocycles. The van der Waals surface area contributed by atoms with Crippen LogP contribution >= 0.6 is 0 Å². The number of rotatable bonds is 7. The van der Waals surface area contributed by atoms with E-state index in [0.717, 1.165) is 11.1 Å². The van der Waals surface area contributed by atoms with Crippen molar-refractivity contribution >= 4 is 11.8 Å². The van der Waals surface area contributed by atoms with Gasteiger partial charge in [-0.1, -0.05) is 36.4 Å². The Labute approximate surface area is 156 Å². The lowest BCUT2D eigenvalue weighted by Gasteiger charge is -2.23. The molecule has 4 nitrogen and oxygen atoms in total. The zero-order chi connectivity index (χ0) is 19.1. The molecule has 0 atom stereocenters. The van der Waals surface area contributed by atoms with Gasteiger partial charge in [0.1, 0.15) is 0 Å². The van der Waals surface area contributed by atoms with E-state index in [0.29, 0.717) is 37.3 Å². The van der Waals surface area contributed by atoms with Gasteiger partial charge in [-0.05, 0) is 51.0 Å². The molecule has 0 unspecified atom stereocenters. The van der Waals surface area contributed by atoms with Gasteiger partial charge in [0.05, 0.1) is 0 Å². The number of nitrogens with zero attached hydrogens (tertiary/aromatic N) is 2. The van der Waals surface area contributed by atoms with E-state index in [-0.39, 0.29) is 11.8 Å². The second-order valence-corrected chi connectivity index (χ2v) is 6.05. The Bertz CT molecular complexity index is 697. The van der Waals surface area contributed by atoms with Gasteiger partial charge in [-0.15, -0.1) is 0 Å². The monoisotopic (exact) mass is 352 g/mol. The van der Waals surface area contributed by atoms with Gasteiger partial charge in [0.15, 0.2) is 0 Å². The van der Waals surface area contributed by atoms with Crippen LogP contribution < -0.4 is 0 Å². The summed E-state index contributed by atoms with van der Waals surface area (Å²) < 4.78 is 0. The van der Waals surface area contributed by atoms with Crippen LogP contribution in [0.15, 0.2) is 48.5 Å². The molecule has 0 N–H and O–H groups in total. The topological polar surface area (TPSA) is 40.6 Å². The zero-order valence-corrected chi connectivity index (χ0v) is 16.2. The SMILES string of the molecule is CCN(CC)C(=O)c1ccccc1-c1ccccc1C(=O)N(CC)CC. The first kappa shape index (κ1) is 19.7. The third-order valence-electron chi connectivity index (χ3n) is 4.71. The number of benzene rings is 2. The Balaban J connectivity index is 2.57. The predicted octanol–water partition coefficient (Wildman–Crippen LogP) is 4.32. The zero-order valence-electron chi connectivity index (χ0n) is 16.2. The summed E-state index contributed by atoms with van der Waals surface area (Å²) in [4.78, 5) is 29.5. The molecule has 0 fully saturated rings. The lowest BCUT2D eigenvalue weighted by molar-refractivity contribution is 0.0763. The maximum atomic E-state index is 13.0. The first-order chi connectivity index (χ1) is 12.6. The van der Waals surface area contributed by atoms with Crippen LogP contribution in [0.5, 0.6) is 0 Å². The van der Waals surface area contributed by atoms with Crippen molar-refractivity contribution < 1.29 is 9.59 Å². The van der Waals surface area contributed by atoms with E-state index in [9.17, 15) is 9.59 Å². The molecule has 0 heterocycles. The smallest absolute Gasteiger partial charge is 0.254 e. The number of carbonyl (C=O) groups is 2. The highest BCUT2D eigenvalue weighted by Gasteiger charge is 2.22. The normalized spacial score (nSPS) is 10.5. The van der Waals surface area contributed by atoms with Gasteiger partial charge in [-0.3, -0.25) is 9.59 Å². The van der Waals surface area contributed by atoms with E-state index in [1.165, 1.54) is 0 Å². The number of hydrogen-bond acceptors (Lipinski definition) is 2. The first-order valence-electron chi connectivity index (χ1n) is 9.35. The van der Waals surface area contributed by atoms with Gasteiger partial charge in [-0.2, -0.15) is 0 Å². The fourth-order valence-electron chi connectivity index (χ4n) is 3.17. The van der Waals surface area contributed by atoms with Gasteiger partial charge < -0.3 is 9.80 Å². The van der Waals surface area contributed by atoms with Gasteiger partial charge in [-0.25, -0.2) is 0 Å². The lowest BCUT2D eigenvalue weighted by atomic mass is 9.94. The van der Waals surface area contributed by atoms with Crippen LogP contribution in [0, 0.1) is 0 Å². The summed E-state index contributed by atoms with van der Waals surface area (Å²) in [6, 6.07) is 15.1. The maximum Gasteiger partial charge on any atom is 0.254 e. The molecule has 0 aliphatic heterocycles. The molecule has 0 aromatic heterocycles. The van der Waals surface area contributed by atoms with Crippen molar-refractivity contribution in [1.29, 1.82) is 0 Å². The molecular formula is C22H28N2O2. The molecule has 2 rings (SSSR count). The van der Waals surface area contributed by atoms with E-state index in [2.05, 4.69) is 0 Å². The standard InChI is InChI=1S/C22H28N2O2/c1-5-23(6-2)21(25)19-15-11-9-13-17(19)18-14-10-12-16-20(18)22(26)24(7-3)8-4/h9-16H,5-8H2,1-4H3. The number of carbonyl (C=O) groups excluding carboxylic acids is 2. The molecule has 0 bridgehead atoms. The second kappa shape index (κ2) is 9.18. The molecule has 2 amide bonds. The third kappa shape index (κ3) is 3.96. The van der Waals surface area contributed by atoms with E-state index < -0.39 is 0 Å². The predicted molar refractivity (Wildman–Crippen MR) is 106 cm³/mol. The fourth-order valence-corrected chi connectivity index (χ4v) is 3.17. The minimum Gasteiger partial charge on any atom is -0.339 e. The van der Waals surface area contributed by atoms with Crippen molar-refractivity contribution in [2.24, 2.45) is 0 Å². The lowest BCUT2D eigenvalue weighted by Crippen LogP contribution is -2.32. The van der Waals surface area contributed by atoms with Crippen LogP contribution in [-0.2, 0) is 0 Å². The van der Waals surface area contributed by atoms with Gasteiger partial charge in [0, 0.05) is 37.3 Å². The molecule has 0 saturated heterocycles. The Morgan fingerprint density at radius 3 is 1.23 bits per heavy atom. The summed E-state index contributed by atoms with van der Waals surface area (Å²) in [7, 11) is 0. The quantitative estimate of drug-likeness (QED) is 0.745. The average molecular weight is 352 g/mol. The minimum absolute atomic E-state index is 0.00399. The van der Waals surface area contributed by atoms with Crippen LogP contribution in [0.25, 0.3) is 11.1 Å². The van der Waals surface area contributed by atoms with Crippen molar-refractivity contribution in [3.8, 4) is 11.1 Å². The third-order valence-corrected chi connectivity index (χ3v) is 4.71. The Morgan fingerprint density at radius 1 is 0.615 bits per heavy atom. The molecular weight excluding hydrogens is 324 g/mol. The molecule has 0 aliphatic carbocycles. The molecule has 0 spiro atoms. The van der Waals surface area contributed by atoms with Gasteiger partial charge >= 0.3 is 0 Å². The average Bonchev–Trinajstić information content (AvgIpc) is 2.69. The Morgan fingerprint density at radius 2 is 0.923 bits per heavy atom. The molecule has 138 valence electrons.